The van der Waals surface area contributed by atoms with Gasteiger partial charge in [-0.2, -0.15) is 22.3 Å². The summed E-state index contributed by atoms with van der Waals surface area (Å²) in [5.74, 6) is 0.293. The van der Waals surface area contributed by atoms with Crippen LogP contribution in [0.2, 0.25) is 0 Å². The second kappa shape index (κ2) is 12.2. The molecule has 0 unspecified atom stereocenters. The maximum atomic E-state index is 13.3. The van der Waals surface area contributed by atoms with Gasteiger partial charge in [0.25, 0.3) is 16.1 Å². The molecule has 0 bridgehead atoms. The van der Waals surface area contributed by atoms with Crippen LogP contribution in [-0.4, -0.2) is 80.2 Å². The lowest BCUT2D eigenvalue weighted by Gasteiger charge is -2.33. The Morgan fingerprint density at radius 1 is 0.974 bits per heavy atom. The van der Waals surface area contributed by atoms with Gasteiger partial charge < -0.3 is 15.5 Å². The van der Waals surface area contributed by atoms with E-state index in [1.165, 1.54) is 28.3 Å². The molecule has 0 aliphatic carbocycles. The molecule has 2 saturated heterocycles. The van der Waals surface area contributed by atoms with E-state index >= 15 is 0 Å². The fraction of sp³-hybridized carbons (Fsp3) is 0.464. The normalized spacial score (nSPS) is 17.6. The number of rotatable bonds is 6. The van der Waals surface area contributed by atoms with E-state index in [1.807, 2.05) is 42.2 Å². The van der Waals surface area contributed by atoms with Gasteiger partial charge in [0.2, 0.25) is 0 Å². The Kier molecular flexibility index (Phi) is 8.90. The highest BCUT2D eigenvalue weighted by Gasteiger charge is 2.30. The number of carbonyl (C=O) groups is 2. The smallest absolute Gasteiger partial charge is 0.319 e. The van der Waals surface area contributed by atoms with Crippen LogP contribution in [0.25, 0.3) is 0 Å². The molecule has 2 aliphatic heterocycles. The van der Waals surface area contributed by atoms with Gasteiger partial charge in [-0.15, -0.1) is 0 Å². The Balaban J connectivity index is 1.31. The maximum absolute atomic E-state index is 13.3. The van der Waals surface area contributed by atoms with Crippen molar-refractivity contribution in [1.82, 2.24) is 18.8 Å². The lowest BCUT2D eigenvalue weighted by molar-refractivity contribution is 0.0713. The molecule has 3 amide bonds. The summed E-state index contributed by atoms with van der Waals surface area (Å²) >= 11 is 0. The monoisotopic (exact) mass is 552 g/mol. The van der Waals surface area contributed by atoms with Crippen molar-refractivity contribution in [3.05, 3.63) is 64.7 Å². The van der Waals surface area contributed by atoms with E-state index < -0.39 is 10.2 Å². The van der Waals surface area contributed by atoms with E-state index in [0.29, 0.717) is 61.8 Å². The third-order valence-corrected chi connectivity index (χ3v) is 9.54. The molecule has 2 aromatic rings. The summed E-state index contributed by atoms with van der Waals surface area (Å²) in [6.07, 6.45) is 2.75. The first kappa shape index (κ1) is 28.5. The zero-order valence-corrected chi connectivity index (χ0v) is 23.5. The van der Waals surface area contributed by atoms with Crippen LogP contribution in [0.4, 0.5) is 10.5 Å². The third-order valence-electron chi connectivity index (χ3n) is 7.60. The quantitative estimate of drug-likeness (QED) is 0.569. The van der Waals surface area contributed by atoms with Crippen molar-refractivity contribution in [1.29, 1.82) is 5.26 Å². The Morgan fingerprint density at radius 3 is 2.21 bits per heavy atom. The molecule has 208 valence electrons. The highest BCUT2D eigenvalue weighted by atomic mass is 32.2. The highest BCUT2D eigenvalue weighted by Crippen LogP contribution is 2.29. The molecule has 11 heteroatoms. The number of likely N-dealkylation sites (tertiary alicyclic amines) is 1. The number of urea groups is 1. The lowest BCUT2D eigenvalue weighted by atomic mass is 9.89. The second-order valence-electron chi connectivity index (χ2n) is 10.4. The number of benzene rings is 2. The number of aryl methyl sites for hydroxylation is 1. The maximum Gasteiger partial charge on any atom is 0.319 e. The summed E-state index contributed by atoms with van der Waals surface area (Å²) in [5, 5.41) is 14.8. The average Bonchev–Trinajstić information content (AvgIpc) is 2.94. The van der Waals surface area contributed by atoms with Gasteiger partial charge in [0, 0.05) is 57.6 Å². The van der Waals surface area contributed by atoms with E-state index in [2.05, 4.69) is 16.7 Å². The van der Waals surface area contributed by atoms with Crippen LogP contribution < -0.4 is 10.6 Å². The van der Waals surface area contributed by atoms with Gasteiger partial charge in [-0.3, -0.25) is 4.79 Å². The van der Waals surface area contributed by atoms with Crippen molar-refractivity contribution in [2.24, 2.45) is 0 Å². The van der Waals surface area contributed by atoms with Crippen LogP contribution in [0.1, 0.15) is 58.6 Å². The number of nitrogens with one attached hydrogen (secondary N) is 2. The van der Waals surface area contributed by atoms with Gasteiger partial charge in [-0.25, -0.2) is 4.79 Å². The summed E-state index contributed by atoms with van der Waals surface area (Å²) < 4.78 is 27.2. The van der Waals surface area contributed by atoms with Crippen LogP contribution >= 0.6 is 0 Å². The van der Waals surface area contributed by atoms with Gasteiger partial charge in [-0.1, -0.05) is 18.2 Å². The van der Waals surface area contributed by atoms with Crippen LogP contribution in [0.15, 0.2) is 42.5 Å². The molecule has 0 saturated carbocycles. The predicted molar refractivity (Wildman–Crippen MR) is 150 cm³/mol. The first-order valence-electron chi connectivity index (χ1n) is 13.2. The Bertz CT molecular complexity index is 1340. The number of carbonyl (C=O) groups excluding carboxylic acids is 2. The van der Waals surface area contributed by atoms with E-state index in [9.17, 15) is 18.0 Å². The second-order valence-corrected chi connectivity index (χ2v) is 12.5. The SMILES string of the molecule is Cc1ccc(C(=O)N2CCC(c3ccc(C#N)cc3)CC2)cc1NC(=O)NC1CCN(S(=O)(=O)N(C)C)CC1. The zero-order chi connectivity index (χ0) is 28.2. The summed E-state index contributed by atoms with van der Waals surface area (Å²) in [7, 11) is -0.441. The molecular formula is C28H36N6O4S. The molecule has 2 N–H and O–H groups in total. The van der Waals surface area contributed by atoms with E-state index in [4.69, 9.17) is 5.26 Å². The molecule has 2 aliphatic rings. The minimum Gasteiger partial charge on any atom is -0.339 e. The fourth-order valence-electron chi connectivity index (χ4n) is 5.12. The fourth-order valence-corrected chi connectivity index (χ4v) is 6.26. The first-order chi connectivity index (χ1) is 18.6. The largest absolute Gasteiger partial charge is 0.339 e. The molecule has 10 nitrogen and oxygen atoms in total. The number of anilines is 1. The Morgan fingerprint density at radius 2 is 1.62 bits per heavy atom. The van der Waals surface area contributed by atoms with Crippen molar-refractivity contribution < 1.29 is 18.0 Å². The number of amides is 3. The van der Waals surface area contributed by atoms with E-state index in [-0.39, 0.29) is 18.0 Å². The number of hydrogen-bond donors (Lipinski definition) is 2. The van der Waals surface area contributed by atoms with Crippen molar-refractivity contribution in [2.45, 2.75) is 44.6 Å². The number of nitrogens with zero attached hydrogens (tertiary/aromatic N) is 4. The summed E-state index contributed by atoms with van der Waals surface area (Å²) in [6.45, 7) is 3.84. The topological polar surface area (TPSA) is 126 Å². The predicted octanol–water partition coefficient (Wildman–Crippen LogP) is 3.28. The Hall–Kier alpha value is -3.46. The van der Waals surface area contributed by atoms with Gasteiger partial charge in [-0.05, 0) is 73.9 Å². The van der Waals surface area contributed by atoms with Crippen LogP contribution in [0.3, 0.4) is 0 Å². The van der Waals surface area contributed by atoms with Crippen molar-refractivity contribution in [3.63, 3.8) is 0 Å². The molecule has 39 heavy (non-hydrogen) atoms. The van der Waals surface area contributed by atoms with E-state index in [0.717, 1.165) is 18.4 Å². The van der Waals surface area contributed by atoms with E-state index in [1.54, 1.807) is 12.1 Å². The minimum atomic E-state index is -3.46. The molecule has 2 heterocycles. The molecule has 0 aromatic heterocycles. The van der Waals surface area contributed by atoms with Crippen molar-refractivity contribution >= 4 is 27.8 Å². The van der Waals surface area contributed by atoms with Crippen LogP contribution in [0.5, 0.6) is 0 Å². The standard InChI is InChI=1S/C28H36N6O4S/c1-20-4-7-24(27(35)33-14-10-23(11-15-33)22-8-5-21(19-29)6-9-22)18-26(20)31-28(36)30-25-12-16-34(17-13-25)39(37,38)32(2)3/h4-9,18,23,25H,10-17H2,1-3H3,(H2,30,31,36). The van der Waals surface area contributed by atoms with Gasteiger partial charge in [0.1, 0.15) is 0 Å². The number of nitriles is 1. The number of piperidine rings is 2. The van der Waals surface area contributed by atoms with Crippen molar-refractivity contribution in [2.75, 3.05) is 45.6 Å². The van der Waals surface area contributed by atoms with Gasteiger partial charge in [0.15, 0.2) is 0 Å². The molecule has 0 spiro atoms. The highest BCUT2D eigenvalue weighted by molar-refractivity contribution is 7.86. The average molecular weight is 553 g/mol. The summed E-state index contributed by atoms with van der Waals surface area (Å²) in [6, 6.07) is 14.6. The molecule has 2 aromatic carbocycles. The van der Waals surface area contributed by atoms with Crippen LogP contribution in [-0.2, 0) is 10.2 Å². The summed E-state index contributed by atoms with van der Waals surface area (Å²) in [5.41, 5.74) is 3.77. The molecule has 2 fully saturated rings. The third kappa shape index (κ3) is 6.76. The molecule has 0 radical (unpaired) electrons. The number of hydrogen-bond acceptors (Lipinski definition) is 5. The molecule has 4 rings (SSSR count). The summed E-state index contributed by atoms with van der Waals surface area (Å²) in [4.78, 5) is 27.8. The van der Waals surface area contributed by atoms with Gasteiger partial charge >= 0.3 is 6.03 Å². The lowest BCUT2D eigenvalue weighted by Crippen LogP contribution is -2.50. The van der Waals surface area contributed by atoms with Crippen LogP contribution in [0, 0.1) is 18.3 Å². The molecular weight excluding hydrogens is 516 g/mol. The zero-order valence-electron chi connectivity index (χ0n) is 22.7. The van der Waals surface area contributed by atoms with Crippen molar-refractivity contribution in [3.8, 4) is 6.07 Å². The molecule has 0 atom stereocenters. The minimum absolute atomic E-state index is 0.0637. The first-order valence-corrected chi connectivity index (χ1v) is 14.6. The Labute approximate surface area is 230 Å². The van der Waals surface area contributed by atoms with Gasteiger partial charge in [0.05, 0.1) is 11.6 Å².